The molecule has 5 heteroatoms. The summed E-state index contributed by atoms with van der Waals surface area (Å²) in [7, 11) is 0. The molecular formula is C13H23Cl3O2. The highest BCUT2D eigenvalue weighted by Crippen LogP contribution is 2.32. The fraction of sp³-hybridized carbons (Fsp3) is 0.923. The minimum absolute atomic E-state index is 0.303. The summed E-state index contributed by atoms with van der Waals surface area (Å²) in [5.41, 5.74) is 0. The number of alkyl halides is 3. The lowest BCUT2D eigenvalue weighted by Crippen LogP contribution is -2.00. The molecule has 0 bridgehead atoms. The lowest BCUT2D eigenvalue weighted by Gasteiger charge is -2.09. The van der Waals surface area contributed by atoms with Crippen molar-refractivity contribution in [2.45, 2.75) is 74.4 Å². The molecule has 2 nitrogen and oxygen atoms in total. The number of hydrogen-bond donors (Lipinski definition) is 1. The van der Waals surface area contributed by atoms with Crippen molar-refractivity contribution in [3.8, 4) is 0 Å². The molecule has 0 unspecified atom stereocenters. The monoisotopic (exact) mass is 316 g/mol. The third-order valence-electron chi connectivity index (χ3n) is 2.85. The van der Waals surface area contributed by atoms with Crippen molar-refractivity contribution in [1.29, 1.82) is 0 Å². The molecule has 1 N–H and O–H groups in total. The van der Waals surface area contributed by atoms with Gasteiger partial charge in [0.05, 0.1) is 0 Å². The predicted octanol–water partition coefficient (Wildman–Crippen LogP) is 5.73. The van der Waals surface area contributed by atoms with Crippen LogP contribution in [0, 0.1) is 0 Å². The van der Waals surface area contributed by atoms with E-state index < -0.39 is 9.76 Å². The van der Waals surface area contributed by atoms with Crippen LogP contribution in [0.2, 0.25) is 0 Å². The van der Waals surface area contributed by atoms with Crippen LogP contribution in [0.25, 0.3) is 0 Å². The van der Waals surface area contributed by atoms with Crippen LogP contribution in [0.4, 0.5) is 0 Å². The Morgan fingerprint density at radius 2 is 1.17 bits per heavy atom. The zero-order valence-corrected chi connectivity index (χ0v) is 13.0. The molecule has 0 atom stereocenters. The number of carboxylic acid groups (broad SMARTS) is 1. The minimum atomic E-state index is -1.09. The molecule has 0 amide bonds. The standard InChI is InChI=1S/C13H23Cl3O2/c14-13(15,16)11-9-7-5-3-1-2-4-6-8-10-12(17)18/h1-11H2,(H,17,18). The molecule has 0 spiro atoms. The quantitative estimate of drug-likeness (QED) is 0.390. The van der Waals surface area contributed by atoms with Crippen molar-refractivity contribution in [2.24, 2.45) is 0 Å². The number of aliphatic carboxylic acids is 1. The first-order chi connectivity index (χ1) is 8.42. The van der Waals surface area contributed by atoms with Crippen LogP contribution in [-0.2, 0) is 4.79 Å². The lowest BCUT2D eigenvalue weighted by molar-refractivity contribution is -0.137. The van der Waals surface area contributed by atoms with E-state index in [1.807, 2.05) is 0 Å². The van der Waals surface area contributed by atoms with E-state index in [9.17, 15) is 4.79 Å². The molecular weight excluding hydrogens is 294 g/mol. The topological polar surface area (TPSA) is 37.3 Å². The van der Waals surface area contributed by atoms with Gasteiger partial charge >= 0.3 is 5.97 Å². The number of rotatable bonds is 11. The molecule has 0 aromatic carbocycles. The van der Waals surface area contributed by atoms with Crippen LogP contribution in [-0.4, -0.2) is 14.9 Å². The highest BCUT2D eigenvalue weighted by molar-refractivity contribution is 6.67. The van der Waals surface area contributed by atoms with E-state index in [2.05, 4.69) is 0 Å². The summed E-state index contributed by atoms with van der Waals surface area (Å²) in [6.45, 7) is 0. The molecule has 108 valence electrons. The minimum Gasteiger partial charge on any atom is -0.481 e. The zero-order valence-electron chi connectivity index (χ0n) is 10.8. The van der Waals surface area contributed by atoms with Gasteiger partial charge in [-0.25, -0.2) is 0 Å². The first-order valence-electron chi connectivity index (χ1n) is 6.70. The molecule has 0 saturated carbocycles. The molecule has 0 rings (SSSR count). The maximum absolute atomic E-state index is 10.3. The average molecular weight is 318 g/mol. The Kier molecular flexibility index (Phi) is 11.4. The molecule has 18 heavy (non-hydrogen) atoms. The van der Waals surface area contributed by atoms with Gasteiger partial charge in [-0.1, -0.05) is 79.7 Å². The summed E-state index contributed by atoms with van der Waals surface area (Å²) < 4.78 is -1.09. The fourth-order valence-electron chi connectivity index (χ4n) is 1.84. The van der Waals surface area contributed by atoms with E-state index in [-0.39, 0.29) is 0 Å². The zero-order chi connectivity index (χ0) is 13.9. The van der Waals surface area contributed by atoms with Gasteiger partial charge in [0.15, 0.2) is 3.79 Å². The van der Waals surface area contributed by atoms with Gasteiger partial charge in [0, 0.05) is 6.42 Å². The molecule has 0 aliphatic carbocycles. The Balaban J connectivity index is 3.06. The first kappa shape index (κ1) is 18.3. The van der Waals surface area contributed by atoms with Gasteiger partial charge in [-0.2, -0.15) is 0 Å². The van der Waals surface area contributed by atoms with Gasteiger partial charge in [0.25, 0.3) is 0 Å². The van der Waals surface area contributed by atoms with Crippen molar-refractivity contribution in [3.05, 3.63) is 0 Å². The molecule has 0 aromatic heterocycles. The van der Waals surface area contributed by atoms with E-state index in [0.717, 1.165) is 32.1 Å². The summed E-state index contributed by atoms with van der Waals surface area (Å²) in [5, 5.41) is 8.47. The van der Waals surface area contributed by atoms with Crippen molar-refractivity contribution >= 4 is 40.8 Å². The van der Waals surface area contributed by atoms with Crippen molar-refractivity contribution in [1.82, 2.24) is 0 Å². The SMILES string of the molecule is O=C(O)CCCCCCCCCCCC(Cl)(Cl)Cl. The molecule has 0 saturated heterocycles. The van der Waals surface area contributed by atoms with Gasteiger partial charge in [-0.3, -0.25) is 4.79 Å². The third-order valence-corrected chi connectivity index (χ3v) is 3.42. The highest BCUT2D eigenvalue weighted by atomic mass is 35.6. The third kappa shape index (κ3) is 16.3. The Morgan fingerprint density at radius 3 is 1.56 bits per heavy atom. The molecule has 0 aromatic rings. The predicted molar refractivity (Wildman–Crippen MR) is 78.7 cm³/mol. The summed E-state index contributed by atoms with van der Waals surface area (Å²) >= 11 is 17.0. The van der Waals surface area contributed by atoms with Crippen LogP contribution in [0.5, 0.6) is 0 Å². The van der Waals surface area contributed by atoms with E-state index in [1.54, 1.807) is 0 Å². The second-order valence-electron chi connectivity index (χ2n) is 4.69. The van der Waals surface area contributed by atoms with Crippen LogP contribution >= 0.6 is 34.8 Å². The van der Waals surface area contributed by atoms with E-state index in [1.165, 1.54) is 25.7 Å². The summed E-state index contributed by atoms with van der Waals surface area (Å²) in [5.74, 6) is -0.691. The van der Waals surface area contributed by atoms with E-state index in [0.29, 0.717) is 12.8 Å². The molecule has 0 aliphatic rings. The second kappa shape index (κ2) is 11.2. The largest absolute Gasteiger partial charge is 0.481 e. The molecule has 0 heterocycles. The number of carboxylic acids is 1. The average Bonchev–Trinajstić information content (AvgIpc) is 2.24. The van der Waals surface area contributed by atoms with E-state index >= 15 is 0 Å². The van der Waals surface area contributed by atoms with Crippen molar-refractivity contribution in [2.75, 3.05) is 0 Å². The van der Waals surface area contributed by atoms with Gasteiger partial charge in [0.1, 0.15) is 0 Å². The molecule has 0 fully saturated rings. The van der Waals surface area contributed by atoms with Crippen LogP contribution in [0.1, 0.15) is 70.6 Å². The Hall–Kier alpha value is 0.340. The van der Waals surface area contributed by atoms with Crippen molar-refractivity contribution in [3.63, 3.8) is 0 Å². The number of halogens is 3. The van der Waals surface area contributed by atoms with Crippen molar-refractivity contribution < 1.29 is 9.90 Å². The maximum atomic E-state index is 10.3. The maximum Gasteiger partial charge on any atom is 0.303 e. The summed E-state index contributed by atoms with van der Waals surface area (Å²) in [6, 6.07) is 0. The normalized spacial score (nSPS) is 11.7. The first-order valence-corrected chi connectivity index (χ1v) is 7.84. The van der Waals surface area contributed by atoms with Gasteiger partial charge < -0.3 is 5.11 Å². The van der Waals surface area contributed by atoms with Crippen LogP contribution in [0.3, 0.4) is 0 Å². The molecule has 0 aliphatic heterocycles. The van der Waals surface area contributed by atoms with Crippen LogP contribution in [0.15, 0.2) is 0 Å². The fourth-order valence-corrected chi connectivity index (χ4v) is 2.24. The Morgan fingerprint density at radius 1 is 0.778 bits per heavy atom. The number of unbranched alkanes of at least 4 members (excludes halogenated alkanes) is 8. The lowest BCUT2D eigenvalue weighted by atomic mass is 10.1. The summed E-state index contributed by atoms with van der Waals surface area (Å²) in [4.78, 5) is 10.3. The number of carbonyl (C=O) groups is 1. The van der Waals surface area contributed by atoms with Crippen LogP contribution < -0.4 is 0 Å². The highest BCUT2D eigenvalue weighted by Gasteiger charge is 2.17. The number of hydrogen-bond acceptors (Lipinski definition) is 1. The van der Waals surface area contributed by atoms with E-state index in [4.69, 9.17) is 39.9 Å². The smallest absolute Gasteiger partial charge is 0.303 e. The van der Waals surface area contributed by atoms with Gasteiger partial charge in [0.2, 0.25) is 0 Å². The molecule has 0 radical (unpaired) electrons. The van der Waals surface area contributed by atoms with Gasteiger partial charge in [-0.15, -0.1) is 0 Å². The second-order valence-corrected chi connectivity index (χ2v) is 7.21. The van der Waals surface area contributed by atoms with Gasteiger partial charge in [-0.05, 0) is 19.3 Å². The summed E-state index contributed by atoms with van der Waals surface area (Å²) in [6.07, 6.45) is 10.8. The Labute approximate surface area is 125 Å². The Bertz CT molecular complexity index is 215.